The van der Waals surface area contributed by atoms with Gasteiger partial charge in [0.15, 0.2) is 5.76 Å². The van der Waals surface area contributed by atoms with Gasteiger partial charge in [-0.3, -0.25) is 10.1 Å². The molecule has 0 radical (unpaired) electrons. The molecule has 29 heavy (non-hydrogen) atoms. The molecule has 7 nitrogen and oxygen atoms in total. The fourth-order valence-electron chi connectivity index (χ4n) is 3.66. The number of carbonyl (C=O) groups excluding carboxylic acids is 1. The van der Waals surface area contributed by atoms with Crippen molar-refractivity contribution in [3.63, 3.8) is 0 Å². The summed E-state index contributed by atoms with van der Waals surface area (Å²) in [6.07, 6.45) is 2.27. The third kappa shape index (κ3) is 3.38. The molecular formula is C22H19N5O2. The van der Waals surface area contributed by atoms with E-state index in [1.165, 1.54) is 11.8 Å². The Balaban J connectivity index is 1.49. The van der Waals surface area contributed by atoms with Crippen LogP contribution in [0.4, 0.5) is 11.9 Å². The van der Waals surface area contributed by atoms with Gasteiger partial charge in [-0.05, 0) is 29.7 Å². The van der Waals surface area contributed by atoms with Crippen LogP contribution in [0, 0.1) is 0 Å². The number of hydrogen-bond donors (Lipinski definition) is 2. The number of anilines is 2. The predicted molar refractivity (Wildman–Crippen MR) is 109 cm³/mol. The molecular weight excluding hydrogens is 366 g/mol. The van der Waals surface area contributed by atoms with Gasteiger partial charge in [-0.1, -0.05) is 60.7 Å². The van der Waals surface area contributed by atoms with Crippen LogP contribution in [0.5, 0.6) is 0 Å². The molecule has 7 heteroatoms. The Morgan fingerprint density at radius 1 is 1.00 bits per heavy atom. The molecule has 0 saturated carbocycles. The van der Waals surface area contributed by atoms with E-state index in [9.17, 15) is 4.79 Å². The van der Waals surface area contributed by atoms with Gasteiger partial charge in [0.1, 0.15) is 0 Å². The molecule has 4 aromatic rings. The first-order valence-electron chi connectivity index (χ1n) is 9.46. The SMILES string of the molecule is O=C(Nc1nc2n(n1)[C@@H](c1ccccc1)C[C@@H](c1ccccc1)N2)c1ccco1. The summed E-state index contributed by atoms with van der Waals surface area (Å²) in [5, 5.41) is 10.7. The van der Waals surface area contributed by atoms with Gasteiger partial charge in [0.25, 0.3) is 11.9 Å². The molecule has 2 aromatic heterocycles. The van der Waals surface area contributed by atoms with Crippen LogP contribution in [0.1, 0.15) is 40.2 Å². The third-order valence-corrected chi connectivity index (χ3v) is 5.05. The van der Waals surface area contributed by atoms with Crippen LogP contribution >= 0.6 is 0 Å². The Morgan fingerprint density at radius 2 is 1.72 bits per heavy atom. The largest absolute Gasteiger partial charge is 0.459 e. The molecule has 5 rings (SSSR count). The van der Waals surface area contributed by atoms with Crippen LogP contribution in [-0.2, 0) is 0 Å². The second-order valence-electron chi connectivity index (χ2n) is 6.90. The monoisotopic (exact) mass is 385 g/mol. The number of furan rings is 1. The smallest absolute Gasteiger partial charge is 0.293 e. The number of nitrogens with one attached hydrogen (secondary N) is 2. The lowest BCUT2D eigenvalue weighted by Gasteiger charge is -2.31. The lowest BCUT2D eigenvalue weighted by molar-refractivity contribution is 0.0995. The molecule has 2 N–H and O–H groups in total. The fraction of sp³-hybridized carbons (Fsp3) is 0.136. The Kier molecular flexibility index (Phi) is 4.32. The molecule has 0 unspecified atom stereocenters. The van der Waals surface area contributed by atoms with Crippen LogP contribution < -0.4 is 10.6 Å². The Bertz CT molecular complexity index is 1110. The molecule has 0 fully saturated rings. The summed E-state index contributed by atoms with van der Waals surface area (Å²) >= 11 is 0. The second kappa shape index (κ2) is 7.27. The molecule has 0 bridgehead atoms. The van der Waals surface area contributed by atoms with E-state index in [1.807, 2.05) is 41.1 Å². The van der Waals surface area contributed by atoms with Gasteiger partial charge in [-0.25, -0.2) is 4.68 Å². The van der Waals surface area contributed by atoms with Crippen molar-refractivity contribution in [3.05, 3.63) is 95.9 Å². The summed E-state index contributed by atoms with van der Waals surface area (Å²) in [6.45, 7) is 0. The van der Waals surface area contributed by atoms with Crippen molar-refractivity contribution in [3.8, 4) is 0 Å². The first kappa shape index (κ1) is 17.2. The first-order valence-corrected chi connectivity index (χ1v) is 9.46. The van der Waals surface area contributed by atoms with E-state index in [-0.39, 0.29) is 29.7 Å². The minimum Gasteiger partial charge on any atom is -0.459 e. The highest BCUT2D eigenvalue weighted by molar-refractivity contribution is 6.01. The van der Waals surface area contributed by atoms with Crippen molar-refractivity contribution in [2.75, 3.05) is 10.6 Å². The van der Waals surface area contributed by atoms with Gasteiger partial charge in [0.2, 0.25) is 5.95 Å². The second-order valence-corrected chi connectivity index (χ2v) is 6.90. The number of amides is 1. The summed E-state index contributed by atoms with van der Waals surface area (Å²) < 4.78 is 6.98. The molecule has 2 atom stereocenters. The van der Waals surface area contributed by atoms with Crippen molar-refractivity contribution in [1.82, 2.24) is 14.8 Å². The number of carbonyl (C=O) groups is 1. The average Bonchev–Trinajstić information content (AvgIpc) is 3.44. The lowest BCUT2D eigenvalue weighted by atomic mass is 9.93. The molecule has 1 amide bonds. The van der Waals surface area contributed by atoms with Gasteiger partial charge in [-0.2, -0.15) is 4.98 Å². The molecule has 0 spiro atoms. The highest BCUT2D eigenvalue weighted by Crippen LogP contribution is 2.38. The molecule has 0 aliphatic carbocycles. The maximum Gasteiger partial charge on any atom is 0.293 e. The van der Waals surface area contributed by atoms with Crippen LogP contribution in [0.3, 0.4) is 0 Å². The van der Waals surface area contributed by atoms with Crippen LogP contribution in [-0.4, -0.2) is 20.7 Å². The topological polar surface area (TPSA) is 85.0 Å². The molecule has 3 heterocycles. The Hall–Kier alpha value is -3.87. The van der Waals surface area contributed by atoms with Gasteiger partial charge in [-0.15, -0.1) is 5.10 Å². The van der Waals surface area contributed by atoms with Gasteiger partial charge in [0.05, 0.1) is 18.3 Å². The van der Waals surface area contributed by atoms with Crippen molar-refractivity contribution in [2.24, 2.45) is 0 Å². The number of benzene rings is 2. The number of fused-ring (bicyclic) bond motifs is 1. The Morgan fingerprint density at radius 3 is 2.41 bits per heavy atom. The van der Waals surface area contributed by atoms with Gasteiger partial charge >= 0.3 is 0 Å². The maximum atomic E-state index is 12.3. The van der Waals surface area contributed by atoms with E-state index in [0.717, 1.165) is 12.0 Å². The van der Waals surface area contributed by atoms with E-state index in [1.54, 1.807) is 12.1 Å². The van der Waals surface area contributed by atoms with E-state index in [0.29, 0.717) is 5.95 Å². The van der Waals surface area contributed by atoms with Crippen LogP contribution in [0.25, 0.3) is 0 Å². The van der Waals surface area contributed by atoms with E-state index >= 15 is 0 Å². The quantitative estimate of drug-likeness (QED) is 0.548. The predicted octanol–water partition coefficient (Wildman–Crippen LogP) is 4.27. The highest BCUT2D eigenvalue weighted by Gasteiger charge is 2.31. The van der Waals surface area contributed by atoms with Crippen molar-refractivity contribution >= 4 is 17.8 Å². The van der Waals surface area contributed by atoms with Crippen LogP contribution in [0.15, 0.2) is 83.5 Å². The van der Waals surface area contributed by atoms with Gasteiger partial charge in [0, 0.05) is 0 Å². The molecule has 144 valence electrons. The van der Waals surface area contributed by atoms with Crippen LogP contribution in [0.2, 0.25) is 0 Å². The summed E-state index contributed by atoms with van der Waals surface area (Å²) in [7, 11) is 0. The zero-order chi connectivity index (χ0) is 19.6. The number of aromatic nitrogens is 3. The van der Waals surface area contributed by atoms with E-state index < -0.39 is 0 Å². The minimum absolute atomic E-state index is 0.000536. The first-order chi connectivity index (χ1) is 14.3. The average molecular weight is 385 g/mol. The summed E-state index contributed by atoms with van der Waals surface area (Å²) in [6, 6.07) is 23.8. The van der Waals surface area contributed by atoms with Crippen molar-refractivity contribution < 1.29 is 9.21 Å². The number of rotatable bonds is 4. The van der Waals surface area contributed by atoms with Gasteiger partial charge < -0.3 is 9.73 Å². The lowest BCUT2D eigenvalue weighted by Crippen LogP contribution is -2.28. The number of hydrogen-bond acceptors (Lipinski definition) is 5. The van der Waals surface area contributed by atoms with Crippen molar-refractivity contribution in [1.29, 1.82) is 0 Å². The number of nitrogens with zero attached hydrogens (tertiary/aromatic N) is 3. The zero-order valence-electron chi connectivity index (χ0n) is 15.5. The zero-order valence-corrected chi connectivity index (χ0v) is 15.5. The molecule has 0 saturated heterocycles. The van der Waals surface area contributed by atoms with E-state index in [4.69, 9.17) is 4.42 Å². The standard InChI is InChI=1S/C22H19N5O2/c28-20(19-12-7-13-29-19)24-21-25-22-23-17(15-8-3-1-4-9-15)14-18(27(22)26-21)16-10-5-2-6-11-16/h1-13,17-18H,14H2,(H2,23,24,25,26,28)/t17-,18+/m0/s1. The highest BCUT2D eigenvalue weighted by atomic mass is 16.3. The summed E-state index contributed by atoms with van der Waals surface area (Å²) in [4.78, 5) is 16.8. The van der Waals surface area contributed by atoms with Crippen molar-refractivity contribution in [2.45, 2.75) is 18.5 Å². The maximum absolute atomic E-state index is 12.3. The molecule has 1 aliphatic rings. The fourth-order valence-corrected chi connectivity index (χ4v) is 3.66. The normalized spacial score (nSPS) is 17.9. The molecule has 2 aromatic carbocycles. The summed E-state index contributed by atoms with van der Waals surface area (Å²) in [5.74, 6) is 0.693. The Labute approximate surface area is 167 Å². The molecule has 1 aliphatic heterocycles. The minimum atomic E-state index is -0.381. The third-order valence-electron chi connectivity index (χ3n) is 5.05. The van der Waals surface area contributed by atoms with E-state index in [2.05, 4.69) is 45.0 Å². The summed E-state index contributed by atoms with van der Waals surface area (Å²) in [5.41, 5.74) is 2.33.